The largest absolute Gasteiger partial charge is 0.462 e. The van der Waals surface area contributed by atoms with E-state index in [-0.39, 0.29) is 12.0 Å². The molecule has 0 fully saturated rings. The predicted octanol–water partition coefficient (Wildman–Crippen LogP) is 2.89. The molecule has 1 heterocycles. The van der Waals surface area contributed by atoms with Gasteiger partial charge in [-0.1, -0.05) is 26.0 Å². The average molecular weight is 233 g/mol. The van der Waals surface area contributed by atoms with Crippen molar-refractivity contribution in [1.29, 1.82) is 0 Å². The maximum absolute atomic E-state index is 9.30. The predicted molar refractivity (Wildman–Crippen MR) is 70.4 cm³/mol. The van der Waals surface area contributed by atoms with Crippen molar-refractivity contribution in [3.63, 3.8) is 0 Å². The maximum Gasteiger partial charge on any atom is 0.136 e. The highest BCUT2D eigenvalue weighted by Gasteiger charge is 2.20. The Bertz CT molecular complexity index is 502. The molecule has 2 aromatic rings. The summed E-state index contributed by atoms with van der Waals surface area (Å²) in [6.07, 6.45) is 1.78. The second-order valence-corrected chi connectivity index (χ2v) is 5.30. The van der Waals surface area contributed by atoms with Gasteiger partial charge in [-0.25, -0.2) is 0 Å². The summed E-state index contributed by atoms with van der Waals surface area (Å²) < 4.78 is 5.51. The lowest BCUT2D eigenvalue weighted by molar-refractivity contribution is 0.165. The van der Waals surface area contributed by atoms with Crippen LogP contribution in [0.15, 0.2) is 34.9 Å². The van der Waals surface area contributed by atoms with Crippen molar-refractivity contribution in [2.24, 2.45) is 5.41 Å². The fourth-order valence-corrected chi connectivity index (χ4v) is 2.04. The first-order valence-corrected chi connectivity index (χ1v) is 5.82. The van der Waals surface area contributed by atoms with Crippen molar-refractivity contribution in [3.8, 4) is 0 Å². The number of rotatable bonds is 4. The van der Waals surface area contributed by atoms with Crippen molar-refractivity contribution in [3.05, 3.63) is 30.5 Å². The van der Waals surface area contributed by atoms with Gasteiger partial charge in [-0.05, 0) is 12.1 Å². The summed E-state index contributed by atoms with van der Waals surface area (Å²) in [5, 5.41) is 10.4. The standard InChI is InChI=1S/C14H19NO2/c1-14(2,10-16)9-15(3)12-8-17-13-7-5-4-6-11(12)13/h4-8,16H,9-10H2,1-3H3. The highest BCUT2D eigenvalue weighted by atomic mass is 16.3. The van der Waals surface area contributed by atoms with Crippen LogP contribution in [0.3, 0.4) is 0 Å². The SMILES string of the molecule is CN(CC(C)(C)CO)c1coc2ccccc12. The summed E-state index contributed by atoms with van der Waals surface area (Å²) in [5.41, 5.74) is 1.85. The molecular weight excluding hydrogens is 214 g/mol. The third-order valence-electron chi connectivity index (χ3n) is 2.97. The van der Waals surface area contributed by atoms with E-state index < -0.39 is 0 Å². The second kappa shape index (κ2) is 4.41. The van der Waals surface area contributed by atoms with E-state index in [1.807, 2.05) is 39.1 Å². The Balaban J connectivity index is 2.28. The first-order valence-electron chi connectivity index (χ1n) is 5.82. The molecule has 1 aromatic carbocycles. The fraction of sp³-hybridized carbons (Fsp3) is 0.429. The number of aliphatic hydroxyl groups excluding tert-OH is 1. The zero-order chi connectivity index (χ0) is 12.5. The molecule has 0 aliphatic carbocycles. The summed E-state index contributed by atoms with van der Waals surface area (Å²) >= 11 is 0. The second-order valence-electron chi connectivity index (χ2n) is 5.30. The van der Waals surface area contributed by atoms with E-state index in [1.165, 1.54) is 0 Å². The number of hydrogen-bond donors (Lipinski definition) is 1. The molecule has 0 radical (unpaired) electrons. The van der Waals surface area contributed by atoms with Gasteiger partial charge in [0.15, 0.2) is 0 Å². The van der Waals surface area contributed by atoms with E-state index in [9.17, 15) is 5.11 Å². The van der Waals surface area contributed by atoms with Crippen LogP contribution >= 0.6 is 0 Å². The Hall–Kier alpha value is -1.48. The van der Waals surface area contributed by atoms with Gasteiger partial charge in [0.05, 0.1) is 5.69 Å². The minimum absolute atomic E-state index is 0.118. The van der Waals surface area contributed by atoms with Crippen LogP contribution in [0.4, 0.5) is 5.69 Å². The number of benzene rings is 1. The molecule has 0 bridgehead atoms. The van der Waals surface area contributed by atoms with Gasteiger partial charge in [0.25, 0.3) is 0 Å². The Morgan fingerprint density at radius 1 is 1.29 bits per heavy atom. The van der Waals surface area contributed by atoms with Gasteiger partial charge in [0.2, 0.25) is 0 Å². The minimum Gasteiger partial charge on any atom is -0.462 e. The van der Waals surface area contributed by atoms with Crippen LogP contribution in [0.5, 0.6) is 0 Å². The molecule has 0 amide bonds. The van der Waals surface area contributed by atoms with Gasteiger partial charge in [-0.2, -0.15) is 0 Å². The highest BCUT2D eigenvalue weighted by molar-refractivity contribution is 5.90. The molecule has 92 valence electrons. The van der Waals surface area contributed by atoms with Crippen molar-refractivity contribution in [2.45, 2.75) is 13.8 Å². The lowest BCUT2D eigenvalue weighted by Crippen LogP contribution is -2.33. The van der Waals surface area contributed by atoms with Gasteiger partial charge in [0, 0.05) is 31.0 Å². The Morgan fingerprint density at radius 3 is 2.71 bits per heavy atom. The van der Waals surface area contributed by atoms with Gasteiger partial charge in [0.1, 0.15) is 11.8 Å². The van der Waals surface area contributed by atoms with Crippen molar-refractivity contribution < 1.29 is 9.52 Å². The van der Waals surface area contributed by atoms with Crippen molar-refractivity contribution in [2.75, 3.05) is 25.1 Å². The van der Waals surface area contributed by atoms with E-state index in [1.54, 1.807) is 6.26 Å². The topological polar surface area (TPSA) is 36.6 Å². The lowest BCUT2D eigenvalue weighted by Gasteiger charge is -2.29. The minimum atomic E-state index is -0.118. The first-order chi connectivity index (χ1) is 8.03. The monoisotopic (exact) mass is 233 g/mol. The molecule has 3 nitrogen and oxygen atoms in total. The van der Waals surface area contributed by atoms with E-state index in [4.69, 9.17) is 4.42 Å². The zero-order valence-corrected chi connectivity index (χ0v) is 10.6. The Kier molecular flexibility index (Phi) is 3.11. The molecule has 0 unspecified atom stereocenters. The molecular formula is C14H19NO2. The van der Waals surface area contributed by atoms with Crippen LogP contribution in [0.1, 0.15) is 13.8 Å². The zero-order valence-electron chi connectivity index (χ0n) is 10.6. The average Bonchev–Trinajstić information content (AvgIpc) is 2.72. The van der Waals surface area contributed by atoms with Crippen LogP contribution in [0, 0.1) is 5.41 Å². The molecule has 3 heteroatoms. The smallest absolute Gasteiger partial charge is 0.136 e. The summed E-state index contributed by atoms with van der Waals surface area (Å²) in [7, 11) is 2.02. The van der Waals surface area contributed by atoms with Gasteiger partial charge >= 0.3 is 0 Å². The van der Waals surface area contributed by atoms with Crippen LogP contribution in [0.25, 0.3) is 11.0 Å². The fourth-order valence-electron chi connectivity index (χ4n) is 2.04. The van der Waals surface area contributed by atoms with E-state index in [2.05, 4.69) is 11.0 Å². The summed E-state index contributed by atoms with van der Waals surface area (Å²) in [5.74, 6) is 0. The van der Waals surface area contributed by atoms with Crippen molar-refractivity contribution >= 4 is 16.7 Å². The molecule has 1 N–H and O–H groups in total. The normalized spacial score (nSPS) is 12.0. The molecule has 0 atom stereocenters. The van der Waals surface area contributed by atoms with Crippen LogP contribution < -0.4 is 4.90 Å². The Morgan fingerprint density at radius 2 is 2.00 bits per heavy atom. The van der Waals surface area contributed by atoms with E-state index in [0.717, 1.165) is 23.2 Å². The van der Waals surface area contributed by atoms with Gasteiger partial charge < -0.3 is 14.4 Å². The quantitative estimate of drug-likeness (QED) is 0.882. The van der Waals surface area contributed by atoms with E-state index in [0.29, 0.717) is 0 Å². The molecule has 0 aliphatic rings. The summed E-state index contributed by atoms with van der Waals surface area (Å²) in [4.78, 5) is 2.13. The molecule has 17 heavy (non-hydrogen) atoms. The summed E-state index contributed by atoms with van der Waals surface area (Å²) in [6, 6.07) is 7.99. The number of anilines is 1. The molecule has 2 rings (SSSR count). The van der Waals surface area contributed by atoms with Crippen molar-refractivity contribution in [1.82, 2.24) is 0 Å². The molecule has 0 saturated carbocycles. The highest BCUT2D eigenvalue weighted by Crippen LogP contribution is 2.29. The number of aliphatic hydroxyl groups is 1. The van der Waals surface area contributed by atoms with Gasteiger partial charge in [-0.3, -0.25) is 0 Å². The third-order valence-corrected chi connectivity index (χ3v) is 2.97. The van der Waals surface area contributed by atoms with Crippen LogP contribution in [-0.4, -0.2) is 25.3 Å². The van der Waals surface area contributed by atoms with E-state index >= 15 is 0 Å². The molecule has 0 aliphatic heterocycles. The molecule has 0 saturated heterocycles. The molecule has 1 aromatic heterocycles. The number of para-hydroxylation sites is 1. The lowest BCUT2D eigenvalue weighted by atomic mass is 9.94. The number of nitrogens with zero attached hydrogens (tertiary/aromatic N) is 1. The first kappa shape index (κ1) is 12.0. The summed E-state index contributed by atoms with van der Waals surface area (Å²) in [6.45, 7) is 5.05. The molecule has 0 spiro atoms. The van der Waals surface area contributed by atoms with Crippen LogP contribution in [-0.2, 0) is 0 Å². The third kappa shape index (κ3) is 2.44. The van der Waals surface area contributed by atoms with Gasteiger partial charge in [-0.15, -0.1) is 0 Å². The number of furan rings is 1. The number of hydrogen-bond acceptors (Lipinski definition) is 3. The Labute approximate surface area is 102 Å². The van der Waals surface area contributed by atoms with Crippen LogP contribution in [0.2, 0.25) is 0 Å². The maximum atomic E-state index is 9.30. The number of fused-ring (bicyclic) bond motifs is 1.